The number of anilines is 1. The summed E-state index contributed by atoms with van der Waals surface area (Å²) in [5, 5.41) is 7.01. The Morgan fingerprint density at radius 2 is 1.94 bits per heavy atom. The van der Waals surface area contributed by atoms with Crippen molar-refractivity contribution in [1.82, 2.24) is 15.5 Å². The molecule has 0 saturated carbocycles. The fourth-order valence-electron chi connectivity index (χ4n) is 3.92. The monoisotopic (exact) mass is 549 g/mol. The van der Waals surface area contributed by atoms with Gasteiger partial charge in [-0.15, -0.1) is 24.0 Å². The first-order valence-electron chi connectivity index (χ1n) is 11.1. The van der Waals surface area contributed by atoms with Crippen LogP contribution >= 0.6 is 24.0 Å². The third kappa shape index (κ3) is 7.39. The number of hydrogen-bond acceptors (Lipinski definition) is 3. The summed E-state index contributed by atoms with van der Waals surface area (Å²) in [5.74, 6) is 0.860. The summed E-state index contributed by atoms with van der Waals surface area (Å²) < 4.78 is 0. The number of aliphatic imine (C=N–C) groups is 1. The molecule has 0 bridgehead atoms. The van der Waals surface area contributed by atoms with Gasteiger partial charge in [-0.2, -0.15) is 0 Å². The molecule has 0 aromatic heterocycles. The average molecular weight is 550 g/mol. The Hall–Kier alpha value is -2.29. The SMILES string of the molecule is CN=C(NCCc1cccc(C(=O)N(C)C)c1)NC1CCCN(c2ccc(C)cc2)C1.I. The number of aryl methyl sites for hydroxylation is 1. The van der Waals surface area contributed by atoms with Gasteiger partial charge in [0.25, 0.3) is 5.91 Å². The summed E-state index contributed by atoms with van der Waals surface area (Å²) >= 11 is 0. The molecule has 0 spiro atoms. The third-order valence-electron chi connectivity index (χ3n) is 5.67. The molecule has 7 heteroatoms. The first kappa shape index (κ1) is 26.0. The smallest absolute Gasteiger partial charge is 0.253 e. The molecule has 1 fully saturated rings. The average Bonchev–Trinajstić information content (AvgIpc) is 2.78. The van der Waals surface area contributed by atoms with Crippen LogP contribution in [-0.4, -0.2) is 63.6 Å². The molecule has 2 aromatic carbocycles. The normalized spacial score (nSPS) is 16.2. The highest BCUT2D eigenvalue weighted by molar-refractivity contribution is 14.0. The van der Waals surface area contributed by atoms with Gasteiger partial charge in [0, 0.05) is 58.1 Å². The lowest BCUT2D eigenvalue weighted by atomic mass is 10.0. The molecule has 1 saturated heterocycles. The van der Waals surface area contributed by atoms with E-state index in [4.69, 9.17) is 0 Å². The molecule has 1 heterocycles. The van der Waals surface area contributed by atoms with Crippen LogP contribution in [0.1, 0.15) is 34.3 Å². The number of amides is 1. The van der Waals surface area contributed by atoms with Crippen molar-refractivity contribution >= 4 is 41.5 Å². The maximum absolute atomic E-state index is 12.2. The number of hydrogen-bond donors (Lipinski definition) is 2. The number of piperidine rings is 1. The Balaban J connectivity index is 0.00000363. The standard InChI is InChI=1S/C25H35N5O.HI/c1-19-10-12-23(13-11-19)30-16-6-9-22(18-30)28-25(26-2)27-15-14-20-7-5-8-21(17-20)24(31)29(3)4;/h5,7-8,10-13,17,22H,6,9,14-16,18H2,1-4H3,(H2,26,27,28);1H. The van der Waals surface area contributed by atoms with Crippen molar-refractivity contribution in [1.29, 1.82) is 0 Å². The number of carbonyl (C=O) groups excluding carboxylic acids is 1. The molecule has 2 N–H and O–H groups in total. The van der Waals surface area contributed by atoms with Gasteiger partial charge in [-0.1, -0.05) is 29.8 Å². The highest BCUT2D eigenvalue weighted by atomic mass is 127. The lowest BCUT2D eigenvalue weighted by Crippen LogP contribution is -2.51. The van der Waals surface area contributed by atoms with Gasteiger partial charge in [0.2, 0.25) is 0 Å². The number of nitrogens with one attached hydrogen (secondary N) is 2. The molecular formula is C25H36IN5O. The number of halogens is 1. The van der Waals surface area contributed by atoms with Crippen LogP contribution in [-0.2, 0) is 6.42 Å². The van der Waals surface area contributed by atoms with Gasteiger partial charge in [0.1, 0.15) is 0 Å². The van der Waals surface area contributed by atoms with E-state index >= 15 is 0 Å². The second-order valence-corrected chi connectivity index (χ2v) is 8.41. The first-order chi connectivity index (χ1) is 15.0. The van der Waals surface area contributed by atoms with Crippen LogP contribution < -0.4 is 15.5 Å². The molecular weight excluding hydrogens is 513 g/mol. The minimum absolute atomic E-state index is 0. The van der Waals surface area contributed by atoms with Crippen molar-refractivity contribution in [3.05, 3.63) is 65.2 Å². The Kier molecular flexibility index (Phi) is 10.3. The Bertz CT molecular complexity index is 897. The van der Waals surface area contributed by atoms with Gasteiger partial charge in [0.15, 0.2) is 5.96 Å². The van der Waals surface area contributed by atoms with Crippen molar-refractivity contribution in [3.63, 3.8) is 0 Å². The van der Waals surface area contributed by atoms with Gasteiger partial charge < -0.3 is 20.4 Å². The Morgan fingerprint density at radius 1 is 1.19 bits per heavy atom. The Labute approximate surface area is 209 Å². The summed E-state index contributed by atoms with van der Waals surface area (Å²) in [6.45, 7) is 4.94. The second-order valence-electron chi connectivity index (χ2n) is 8.41. The zero-order valence-corrected chi connectivity index (χ0v) is 21.9. The van der Waals surface area contributed by atoms with Crippen molar-refractivity contribution < 1.29 is 4.79 Å². The molecule has 1 atom stereocenters. The lowest BCUT2D eigenvalue weighted by molar-refractivity contribution is 0.0827. The van der Waals surface area contributed by atoms with E-state index in [9.17, 15) is 4.79 Å². The second kappa shape index (κ2) is 12.7. The van der Waals surface area contributed by atoms with Gasteiger partial charge in [-0.05, 0) is 56.0 Å². The molecule has 2 aromatic rings. The molecule has 1 unspecified atom stereocenters. The highest BCUT2D eigenvalue weighted by Crippen LogP contribution is 2.20. The molecule has 3 rings (SSSR count). The zero-order chi connectivity index (χ0) is 22.2. The number of rotatable bonds is 6. The molecule has 174 valence electrons. The minimum atomic E-state index is 0. The van der Waals surface area contributed by atoms with Crippen LogP contribution in [0.5, 0.6) is 0 Å². The van der Waals surface area contributed by atoms with E-state index in [1.54, 1.807) is 19.0 Å². The minimum Gasteiger partial charge on any atom is -0.369 e. The van der Waals surface area contributed by atoms with E-state index in [1.165, 1.54) is 11.3 Å². The predicted octanol–water partition coefficient (Wildman–Crippen LogP) is 3.69. The lowest BCUT2D eigenvalue weighted by Gasteiger charge is -2.35. The van der Waals surface area contributed by atoms with E-state index in [0.717, 1.165) is 56.0 Å². The van der Waals surface area contributed by atoms with Crippen LogP contribution in [0.2, 0.25) is 0 Å². The topological polar surface area (TPSA) is 60.0 Å². The van der Waals surface area contributed by atoms with Crippen LogP contribution in [0.15, 0.2) is 53.5 Å². The largest absolute Gasteiger partial charge is 0.369 e. The van der Waals surface area contributed by atoms with E-state index in [1.807, 2.05) is 25.2 Å². The molecule has 1 aliphatic rings. The summed E-state index contributed by atoms with van der Waals surface area (Å²) in [6, 6.07) is 17.0. The van der Waals surface area contributed by atoms with Crippen molar-refractivity contribution in [2.45, 2.75) is 32.2 Å². The molecule has 0 radical (unpaired) electrons. The van der Waals surface area contributed by atoms with Crippen LogP contribution in [0.4, 0.5) is 5.69 Å². The number of nitrogens with zero attached hydrogens (tertiary/aromatic N) is 3. The van der Waals surface area contributed by atoms with E-state index in [-0.39, 0.29) is 29.9 Å². The van der Waals surface area contributed by atoms with E-state index in [0.29, 0.717) is 6.04 Å². The van der Waals surface area contributed by atoms with Gasteiger partial charge >= 0.3 is 0 Å². The summed E-state index contributed by atoms with van der Waals surface area (Å²) in [6.07, 6.45) is 3.13. The van der Waals surface area contributed by atoms with E-state index in [2.05, 4.69) is 57.8 Å². The molecule has 6 nitrogen and oxygen atoms in total. The molecule has 1 amide bonds. The summed E-state index contributed by atoms with van der Waals surface area (Å²) in [7, 11) is 5.36. The third-order valence-corrected chi connectivity index (χ3v) is 5.67. The van der Waals surface area contributed by atoms with Gasteiger partial charge in [-0.3, -0.25) is 9.79 Å². The number of carbonyl (C=O) groups is 1. The van der Waals surface area contributed by atoms with Crippen molar-refractivity contribution in [2.75, 3.05) is 45.7 Å². The van der Waals surface area contributed by atoms with E-state index < -0.39 is 0 Å². The van der Waals surface area contributed by atoms with Crippen LogP contribution in [0.3, 0.4) is 0 Å². The van der Waals surface area contributed by atoms with Gasteiger partial charge in [-0.25, -0.2) is 0 Å². The van der Waals surface area contributed by atoms with Crippen LogP contribution in [0, 0.1) is 6.92 Å². The summed E-state index contributed by atoms with van der Waals surface area (Å²) in [5.41, 5.74) is 4.44. The zero-order valence-electron chi connectivity index (χ0n) is 19.6. The van der Waals surface area contributed by atoms with Crippen LogP contribution in [0.25, 0.3) is 0 Å². The summed E-state index contributed by atoms with van der Waals surface area (Å²) in [4.78, 5) is 20.6. The molecule has 0 aliphatic carbocycles. The first-order valence-corrected chi connectivity index (χ1v) is 11.1. The maximum atomic E-state index is 12.2. The molecule has 1 aliphatic heterocycles. The fraction of sp³-hybridized carbons (Fsp3) is 0.440. The number of guanidine groups is 1. The fourth-order valence-corrected chi connectivity index (χ4v) is 3.92. The predicted molar refractivity (Wildman–Crippen MR) is 144 cm³/mol. The van der Waals surface area contributed by atoms with Gasteiger partial charge in [0.05, 0.1) is 0 Å². The molecule has 32 heavy (non-hydrogen) atoms. The highest BCUT2D eigenvalue weighted by Gasteiger charge is 2.21. The number of benzene rings is 2. The maximum Gasteiger partial charge on any atom is 0.253 e. The Morgan fingerprint density at radius 3 is 2.62 bits per heavy atom. The van der Waals surface area contributed by atoms with Crippen molar-refractivity contribution in [2.24, 2.45) is 4.99 Å². The quantitative estimate of drug-likeness (QED) is 0.328. The van der Waals surface area contributed by atoms with Crippen molar-refractivity contribution in [3.8, 4) is 0 Å².